The number of carbonyl (C=O) groups is 1. The Labute approximate surface area is 116 Å². The topological polar surface area (TPSA) is 116 Å². The van der Waals surface area contributed by atoms with Gasteiger partial charge in [-0.2, -0.15) is 0 Å². The van der Waals surface area contributed by atoms with Crippen molar-refractivity contribution < 1.29 is 23.4 Å². The van der Waals surface area contributed by atoms with E-state index in [-0.39, 0.29) is 17.3 Å². The van der Waals surface area contributed by atoms with Gasteiger partial charge in [0.15, 0.2) is 0 Å². The fraction of sp³-hybridized carbons (Fsp3) is 0.417. The van der Waals surface area contributed by atoms with Crippen LogP contribution in [0.15, 0.2) is 23.1 Å². The monoisotopic (exact) mass is 300 g/mol. The number of hydrogen-bond donors (Lipinski definition) is 4. The third kappa shape index (κ3) is 2.83. The van der Waals surface area contributed by atoms with Crippen molar-refractivity contribution in [2.45, 2.75) is 23.8 Å². The average molecular weight is 300 g/mol. The minimum absolute atomic E-state index is 0.0183. The van der Waals surface area contributed by atoms with Crippen LogP contribution in [0.25, 0.3) is 0 Å². The zero-order chi connectivity index (χ0) is 14.9. The second-order valence-electron chi connectivity index (χ2n) is 4.65. The Balaban J connectivity index is 2.24. The van der Waals surface area contributed by atoms with Crippen LogP contribution in [0.3, 0.4) is 0 Å². The number of anilines is 1. The van der Waals surface area contributed by atoms with Crippen LogP contribution in [0.5, 0.6) is 0 Å². The maximum Gasteiger partial charge on any atom is 0.240 e. The van der Waals surface area contributed by atoms with E-state index in [0.717, 1.165) is 0 Å². The summed E-state index contributed by atoms with van der Waals surface area (Å²) in [6.07, 6.45) is -1.15. The molecule has 8 heteroatoms. The molecule has 20 heavy (non-hydrogen) atoms. The van der Waals surface area contributed by atoms with E-state index >= 15 is 0 Å². The van der Waals surface area contributed by atoms with E-state index in [1.807, 2.05) is 0 Å². The summed E-state index contributed by atoms with van der Waals surface area (Å²) in [7, 11) is -3.79. The molecule has 0 fully saturated rings. The Kier molecular flexibility index (Phi) is 4.09. The third-order valence-corrected chi connectivity index (χ3v) is 4.59. The van der Waals surface area contributed by atoms with Gasteiger partial charge in [-0.25, -0.2) is 13.1 Å². The molecule has 0 spiro atoms. The fourth-order valence-corrected chi connectivity index (χ4v) is 3.02. The van der Waals surface area contributed by atoms with Gasteiger partial charge in [0, 0.05) is 12.2 Å². The molecule has 0 aromatic heterocycles. The standard InChI is InChI=1S/C12H16N2O5S/c1-7-10-4-9(2-3-11(10)14-12(7)17)20(18,19)13-5-8(16)6-15/h2-4,7-8,13,15-16H,5-6H2,1H3,(H,14,17). The molecule has 2 atom stereocenters. The number of sulfonamides is 1. The highest BCUT2D eigenvalue weighted by molar-refractivity contribution is 7.89. The summed E-state index contributed by atoms with van der Waals surface area (Å²) in [6.45, 7) is 0.894. The summed E-state index contributed by atoms with van der Waals surface area (Å²) < 4.78 is 26.3. The summed E-state index contributed by atoms with van der Waals surface area (Å²) in [5.74, 6) is -0.568. The number of aliphatic hydroxyl groups is 2. The molecule has 1 aromatic carbocycles. The minimum atomic E-state index is -3.79. The van der Waals surface area contributed by atoms with Crippen molar-refractivity contribution >= 4 is 21.6 Å². The lowest BCUT2D eigenvalue weighted by Crippen LogP contribution is -2.33. The highest BCUT2D eigenvalue weighted by Gasteiger charge is 2.28. The molecule has 0 radical (unpaired) electrons. The molecule has 1 aliphatic rings. The molecule has 1 amide bonds. The molecule has 0 bridgehead atoms. The van der Waals surface area contributed by atoms with Gasteiger partial charge in [-0.3, -0.25) is 4.79 Å². The Hall–Kier alpha value is -1.48. The number of hydrogen-bond acceptors (Lipinski definition) is 5. The quantitative estimate of drug-likeness (QED) is 0.578. The van der Waals surface area contributed by atoms with E-state index in [9.17, 15) is 13.2 Å². The Morgan fingerprint density at radius 3 is 2.80 bits per heavy atom. The van der Waals surface area contributed by atoms with E-state index < -0.39 is 28.7 Å². The van der Waals surface area contributed by atoms with Crippen LogP contribution in [0, 0.1) is 0 Å². The second-order valence-corrected chi connectivity index (χ2v) is 6.42. The van der Waals surface area contributed by atoms with Crippen LogP contribution in [-0.4, -0.2) is 43.8 Å². The van der Waals surface area contributed by atoms with Crippen molar-refractivity contribution in [1.82, 2.24) is 4.72 Å². The van der Waals surface area contributed by atoms with Crippen LogP contribution in [0.4, 0.5) is 5.69 Å². The zero-order valence-corrected chi connectivity index (χ0v) is 11.6. The van der Waals surface area contributed by atoms with Crippen LogP contribution < -0.4 is 10.0 Å². The van der Waals surface area contributed by atoms with Gasteiger partial charge in [0.1, 0.15) is 0 Å². The first-order chi connectivity index (χ1) is 9.35. The first-order valence-corrected chi connectivity index (χ1v) is 7.57. The van der Waals surface area contributed by atoms with Crippen LogP contribution in [0.1, 0.15) is 18.4 Å². The molecule has 1 aromatic rings. The maximum absolute atomic E-state index is 12.0. The lowest BCUT2D eigenvalue weighted by molar-refractivity contribution is -0.116. The lowest BCUT2D eigenvalue weighted by Gasteiger charge is -2.11. The van der Waals surface area contributed by atoms with Crippen molar-refractivity contribution in [3.63, 3.8) is 0 Å². The molecule has 7 nitrogen and oxygen atoms in total. The van der Waals surface area contributed by atoms with Crippen LogP contribution >= 0.6 is 0 Å². The number of amides is 1. The number of carbonyl (C=O) groups excluding carboxylic acids is 1. The first-order valence-electron chi connectivity index (χ1n) is 6.08. The largest absolute Gasteiger partial charge is 0.394 e. The fourth-order valence-electron chi connectivity index (χ4n) is 1.92. The predicted molar refractivity (Wildman–Crippen MR) is 71.8 cm³/mol. The number of nitrogens with one attached hydrogen (secondary N) is 2. The van der Waals surface area contributed by atoms with Gasteiger partial charge in [-0.05, 0) is 30.7 Å². The summed E-state index contributed by atoms with van der Waals surface area (Å²) in [5.41, 5.74) is 1.23. The molecular formula is C12H16N2O5S. The molecule has 0 aliphatic carbocycles. The minimum Gasteiger partial charge on any atom is -0.394 e. The molecule has 4 N–H and O–H groups in total. The SMILES string of the molecule is CC1C(=O)Nc2ccc(S(=O)(=O)NCC(O)CO)cc21. The molecule has 2 unspecified atom stereocenters. The lowest BCUT2D eigenvalue weighted by atomic mass is 10.0. The molecule has 1 aliphatic heterocycles. The normalized spacial score (nSPS) is 19.6. The summed E-state index contributed by atoms with van der Waals surface area (Å²) in [4.78, 5) is 11.5. The van der Waals surface area contributed by atoms with Crippen molar-refractivity contribution in [1.29, 1.82) is 0 Å². The van der Waals surface area contributed by atoms with Gasteiger partial charge in [0.05, 0.1) is 23.5 Å². The highest BCUT2D eigenvalue weighted by Crippen LogP contribution is 2.33. The molecule has 0 saturated heterocycles. The first kappa shape index (κ1) is 14.9. The second kappa shape index (κ2) is 5.49. The molecule has 1 heterocycles. The van der Waals surface area contributed by atoms with E-state index in [2.05, 4.69) is 10.0 Å². The Bertz CT molecular complexity index is 629. The van der Waals surface area contributed by atoms with Crippen LogP contribution in [-0.2, 0) is 14.8 Å². The van der Waals surface area contributed by atoms with Gasteiger partial charge in [-0.1, -0.05) is 0 Å². The van der Waals surface area contributed by atoms with Crippen molar-refractivity contribution in [2.75, 3.05) is 18.5 Å². The molecule has 2 rings (SSSR count). The number of rotatable bonds is 5. The van der Waals surface area contributed by atoms with E-state index in [1.165, 1.54) is 18.2 Å². The van der Waals surface area contributed by atoms with E-state index in [4.69, 9.17) is 10.2 Å². The van der Waals surface area contributed by atoms with E-state index in [0.29, 0.717) is 11.3 Å². The van der Waals surface area contributed by atoms with Gasteiger partial charge < -0.3 is 15.5 Å². The third-order valence-electron chi connectivity index (χ3n) is 3.17. The van der Waals surface area contributed by atoms with Gasteiger partial charge in [-0.15, -0.1) is 0 Å². The number of benzene rings is 1. The summed E-state index contributed by atoms with van der Waals surface area (Å²) in [6, 6.07) is 4.35. The summed E-state index contributed by atoms with van der Waals surface area (Å²) >= 11 is 0. The highest BCUT2D eigenvalue weighted by atomic mass is 32.2. The Morgan fingerprint density at radius 2 is 2.15 bits per heavy atom. The zero-order valence-electron chi connectivity index (χ0n) is 10.8. The van der Waals surface area contributed by atoms with Crippen LogP contribution in [0.2, 0.25) is 0 Å². The maximum atomic E-state index is 12.0. The van der Waals surface area contributed by atoms with Gasteiger partial charge in [0.25, 0.3) is 0 Å². The van der Waals surface area contributed by atoms with E-state index in [1.54, 1.807) is 6.92 Å². The molecular weight excluding hydrogens is 284 g/mol. The number of fused-ring (bicyclic) bond motifs is 1. The smallest absolute Gasteiger partial charge is 0.240 e. The van der Waals surface area contributed by atoms with Crippen molar-refractivity contribution in [2.24, 2.45) is 0 Å². The van der Waals surface area contributed by atoms with Gasteiger partial charge >= 0.3 is 0 Å². The van der Waals surface area contributed by atoms with Crippen molar-refractivity contribution in [3.05, 3.63) is 23.8 Å². The number of aliphatic hydroxyl groups excluding tert-OH is 2. The van der Waals surface area contributed by atoms with Crippen molar-refractivity contribution in [3.8, 4) is 0 Å². The molecule has 0 saturated carbocycles. The van der Waals surface area contributed by atoms with Gasteiger partial charge in [0.2, 0.25) is 15.9 Å². The average Bonchev–Trinajstić information content (AvgIpc) is 2.71. The molecule has 110 valence electrons. The Morgan fingerprint density at radius 1 is 1.45 bits per heavy atom. The summed E-state index contributed by atoms with van der Waals surface area (Å²) in [5, 5.41) is 20.5. The predicted octanol–water partition coefficient (Wildman–Crippen LogP) is -0.626.